The molecule has 4 nitrogen and oxygen atoms in total. The van der Waals surface area contributed by atoms with Crippen molar-refractivity contribution in [2.45, 2.75) is 44.1 Å². The molecule has 2 rings (SSSR count). The molecule has 5 heteroatoms. The second-order valence-corrected chi connectivity index (χ2v) is 5.18. The van der Waals surface area contributed by atoms with E-state index in [-0.39, 0.29) is 18.1 Å². The summed E-state index contributed by atoms with van der Waals surface area (Å²) in [7, 11) is 0. The van der Waals surface area contributed by atoms with E-state index in [0.717, 1.165) is 31.9 Å². The van der Waals surface area contributed by atoms with Gasteiger partial charge in [0.1, 0.15) is 11.5 Å². The zero-order valence-electron chi connectivity index (χ0n) is 10.9. The number of amides is 1. The lowest BCUT2D eigenvalue weighted by Crippen LogP contribution is -2.42. The van der Waals surface area contributed by atoms with Crippen molar-refractivity contribution in [2.24, 2.45) is 0 Å². The Bertz CT molecular complexity index is 426. The number of carbonyl (C=O) groups is 1. The Labute approximate surface area is 112 Å². The molecular formula is C14H19FN2O2. The molecule has 1 amide bonds. The van der Waals surface area contributed by atoms with Gasteiger partial charge in [-0.2, -0.15) is 0 Å². The van der Waals surface area contributed by atoms with E-state index in [1.165, 1.54) is 12.1 Å². The van der Waals surface area contributed by atoms with Crippen LogP contribution >= 0.6 is 0 Å². The van der Waals surface area contributed by atoms with Gasteiger partial charge in [0.05, 0.1) is 11.8 Å². The fraction of sp³-hybridized carbons (Fsp3) is 0.571. The molecule has 0 aromatic carbocycles. The summed E-state index contributed by atoms with van der Waals surface area (Å²) in [5, 5.41) is 13.1. The molecular weight excluding hydrogens is 247 g/mol. The zero-order valence-corrected chi connectivity index (χ0v) is 10.9. The lowest BCUT2D eigenvalue weighted by atomic mass is 9.94. The van der Waals surface area contributed by atoms with Crippen LogP contribution in [0, 0.1) is 5.82 Å². The first-order chi connectivity index (χ1) is 9.09. The minimum atomic E-state index is -0.813. The first-order valence-electron chi connectivity index (χ1n) is 6.71. The average Bonchev–Trinajstić information content (AvgIpc) is 2.62. The topological polar surface area (TPSA) is 62.2 Å². The van der Waals surface area contributed by atoms with Crippen molar-refractivity contribution in [2.75, 3.05) is 6.54 Å². The zero-order chi connectivity index (χ0) is 13.7. The molecule has 1 aliphatic carbocycles. The van der Waals surface area contributed by atoms with Crippen LogP contribution in [0.3, 0.4) is 0 Å². The highest BCUT2D eigenvalue weighted by Gasteiger charge is 2.28. The van der Waals surface area contributed by atoms with Crippen molar-refractivity contribution < 1.29 is 14.3 Å². The Hall–Kier alpha value is -1.49. The molecule has 1 aromatic rings. The van der Waals surface area contributed by atoms with Crippen molar-refractivity contribution >= 4 is 5.91 Å². The van der Waals surface area contributed by atoms with Crippen LogP contribution in [0.5, 0.6) is 0 Å². The molecule has 0 bridgehead atoms. The molecule has 104 valence electrons. The number of hydrogen-bond acceptors (Lipinski definition) is 3. The van der Waals surface area contributed by atoms with Gasteiger partial charge in [-0.1, -0.05) is 25.7 Å². The maximum absolute atomic E-state index is 12.7. The number of hydrogen-bond donors (Lipinski definition) is 2. The molecule has 0 radical (unpaired) electrons. The minimum absolute atomic E-state index is 0.165. The van der Waals surface area contributed by atoms with Crippen LogP contribution in [0.4, 0.5) is 4.39 Å². The Morgan fingerprint density at radius 3 is 2.58 bits per heavy atom. The maximum atomic E-state index is 12.7. The van der Waals surface area contributed by atoms with E-state index in [1.807, 2.05) is 0 Å². The third-order valence-corrected chi connectivity index (χ3v) is 3.57. The van der Waals surface area contributed by atoms with E-state index < -0.39 is 11.4 Å². The number of carbonyl (C=O) groups excluding carboxylic acids is 1. The smallest absolute Gasteiger partial charge is 0.269 e. The van der Waals surface area contributed by atoms with Crippen LogP contribution in [0.25, 0.3) is 0 Å². The van der Waals surface area contributed by atoms with Gasteiger partial charge in [0.15, 0.2) is 0 Å². The van der Waals surface area contributed by atoms with Crippen LogP contribution in [0.1, 0.15) is 49.0 Å². The summed E-state index contributed by atoms with van der Waals surface area (Å²) in [4.78, 5) is 15.5. The third kappa shape index (κ3) is 3.99. The number of rotatable bonds is 3. The Balaban J connectivity index is 1.90. The fourth-order valence-electron chi connectivity index (χ4n) is 2.41. The van der Waals surface area contributed by atoms with Gasteiger partial charge >= 0.3 is 0 Å². The molecule has 1 saturated carbocycles. The number of aliphatic hydroxyl groups is 1. The van der Waals surface area contributed by atoms with E-state index in [4.69, 9.17) is 0 Å². The Morgan fingerprint density at radius 1 is 1.32 bits per heavy atom. The van der Waals surface area contributed by atoms with Gasteiger partial charge in [0, 0.05) is 6.54 Å². The van der Waals surface area contributed by atoms with E-state index in [1.54, 1.807) is 0 Å². The molecule has 0 spiro atoms. The van der Waals surface area contributed by atoms with E-state index in [9.17, 15) is 14.3 Å². The summed E-state index contributed by atoms with van der Waals surface area (Å²) < 4.78 is 12.7. The number of nitrogens with one attached hydrogen (secondary N) is 1. The molecule has 1 heterocycles. The van der Waals surface area contributed by atoms with Gasteiger partial charge in [-0.15, -0.1) is 0 Å². The fourth-order valence-corrected chi connectivity index (χ4v) is 2.41. The van der Waals surface area contributed by atoms with Gasteiger partial charge in [0.2, 0.25) is 0 Å². The lowest BCUT2D eigenvalue weighted by molar-refractivity contribution is 0.0246. The number of nitrogens with zero attached hydrogens (tertiary/aromatic N) is 1. The molecule has 0 saturated heterocycles. The summed E-state index contributed by atoms with van der Waals surface area (Å²) in [6.45, 7) is 0.227. The molecule has 1 fully saturated rings. The second kappa shape index (κ2) is 6.10. The highest BCUT2D eigenvalue weighted by atomic mass is 19.1. The van der Waals surface area contributed by atoms with Crippen molar-refractivity contribution in [3.63, 3.8) is 0 Å². The molecule has 2 N–H and O–H groups in total. The van der Waals surface area contributed by atoms with Crippen LogP contribution < -0.4 is 5.32 Å². The largest absolute Gasteiger partial charge is 0.388 e. The van der Waals surface area contributed by atoms with Crippen molar-refractivity contribution in [3.05, 3.63) is 29.8 Å². The van der Waals surface area contributed by atoms with Crippen LogP contribution in [0.2, 0.25) is 0 Å². The number of halogens is 1. The number of aromatic nitrogens is 1. The maximum Gasteiger partial charge on any atom is 0.269 e. The summed E-state index contributed by atoms with van der Waals surface area (Å²) in [5.41, 5.74) is -0.648. The minimum Gasteiger partial charge on any atom is -0.388 e. The van der Waals surface area contributed by atoms with Crippen molar-refractivity contribution in [1.82, 2.24) is 10.3 Å². The van der Waals surface area contributed by atoms with Crippen molar-refractivity contribution in [3.8, 4) is 0 Å². The highest BCUT2D eigenvalue weighted by Crippen LogP contribution is 2.26. The highest BCUT2D eigenvalue weighted by molar-refractivity contribution is 5.92. The normalized spacial score (nSPS) is 18.6. The molecule has 0 aliphatic heterocycles. The average molecular weight is 266 g/mol. The third-order valence-electron chi connectivity index (χ3n) is 3.57. The van der Waals surface area contributed by atoms with Crippen molar-refractivity contribution in [1.29, 1.82) is 0 Å². The Kier molecular flexibility index (Phi) is 4.47. The quantitative estimate of drug-likeness (QED) is 0.823. The van der Waals surface area contributed by atoms with E-state index in [0.29, 0.717) is 12.8 Å². The molecule has 1 aromatic heterocycles. The second-order valence-electron chi connectivity index (χ2n) is 5.18. The molecule has 19 heavy (non-hydrogen) atoms. The van der Waals surface area contributed by atoms with E-state index >= 15 is 0 Å². The van der Waals surface area contributed by atoms with Crippen LogP contribution in [-0.2, 0) is 0 Å². The summed E-state index contributed by atoms with van der Waals surface area (Å²) in [6.07, 6.45) is 6.68. The molecule has 0 unspecified atom stereocenters. The summed E-state index contributed by atoms with van der Waals surface area (Å²) >= 11 is 0. The van der Waals surface area contributed by atoms with Gasteiger partial charge in [-0.3, -0.25) is 4.79 Å². The lowest BCUT2D eigenvalue weighted by Gasteiger charge is -2.26. The van der Waals surface area contributed by atoms with Gasteiger partial charge in [-0.05, 0) is 25.0 Å². The summed E-state index contributed by atoms with van der Waals surface area (Å²) in [6, 6.07) is 2.53. The van der Waals surface area contributed by atoms with Crippen LogP contribution in [-0.4, -0.2) is 28.1 Å². The van der Waals surface area contributed by atoms with Crippen LogP contribution in [0.15, 0.2) is 18.3 Å². The van der Waals surface area contributed by atoms with Gasteiger partial charge in [0.25, 0.3) is 5.91 Å². The number of pyridine rings is 1. The standard InChI is InChI=1S/C14H19FN2O2/c15-11-5-6-12(16-9-11)13(18)17-10-14(19)7-3-1-2-4-8-14/h5-6,9,19H,1-4,7-8,10H2,(H,17,18). The first-order valence-corrected chi connectivity index (χ1v) is 6.71. The SMILES string of the molecule is O=C(NCC1(O)CCCCCC1)c1ccc(F)cn1. The van der Waals surface area contributed by atoms with E-state index in [2.05, 4.69) is 10.3 Å². The predicted molar refractivity (Wildman–Crippen MR) is 69.2 cm³/mol. The molecule has 0 atom stereocenters. The predicted octanol–water partition coefficient (Wildman–Crippen LogP) is 2.04. The summed E-state index contributed by atoms with van der Waals surface area (Å²) in [5.74, 6) is -0.850. The monoisotopic (exact) mass is 266 g/mol. The van der Waals surface area contributed by atoms with Gasteiger partial charge < -0.3 is 10.4 Å². The Morgan fingerprint density at radius 2 is 2.00 bits per heavy atom. The van der Waals surface area contributed by atoms with Gasteiger partial charge in [-0.25, -0.2) is 9.37 Å². The first kappa shape index (κ1) is 13.9. The molecule has 1 aliphatic rings.